The molecule has 2 heterocycles. The SMILES string of the molecule is Nc1ncnc2c1c(I)cn2[C@@H]1C=C(CO)[C@@H](O)[C@H]1O. The Morgan fingerprint density at radius 3 is 2.75 bits per heavy atom. The lowest BCUT2D eigenvalue weighted by Gasteiger charge is -2.19. The van der Waals surface area contributed by atoms with E-state index in [4.69, 9.17) is 5.73 Å². The third kappa shape index (κ3) is 1.91. The van der Waals surface area contributed by atoms with E-state index in [2.05, 4.69) is 32.6 Å². The van der Waals surface area contributed by atoms with Gasteiger partial charge in [-0.1, -0.05) is 6.08 Å². The van der Waals surface area contributed by atoms with Gasteiger partial charge in [0.1, 0.15) is 30.0 Å². The highest BCUT2D eigenvalue weighted by Crippen LogP contribution is 2.34. The number of nitrogens with two attached hydrogens (primary N) is 1. The molecule has 0 amide bonds. The monoisotopic (exact) mass is 388 g/mol. The number of aliphatic hydroxyl groups is 3. The molecule has 3 atom stereocenters. The highest BCUT2D eigenvalue weighted by molar-refractivity contribution is 14.1. The first-order chi connectivity index (χ1) is 9.54. The normalized spacial score (nSPS) is 26.2. The van der Waals surface area contributed by atoms with Gasteiger partial charge in [0.2, 0.25) is 0 Å². The van der Waals surface area contributed by atoms with Crippen LogP contribution < -0.4 is 5.73 Å². The third-order valence-corrected chi connectivity index (χ3v) is 4.35. The van der Waals surface area contributed by atoms with E-state index in [0.29, 0.717) is 17.0 Å². The van der Waals surface area contributed by atoms with Crippen molar-refractivity contribution in [2.24, 2.45) is 0 Å². The van der Waals surface area contributed by atoms with E-state index in [1.165, 1.54) is 6.33 Å². The second-order valence-corrected chi connectivity index (χ2v) is 5.83. The zero-order valence-electron chi connectivity index (χ0n) is 10.3. The minimum atomic E-state index is -1.07. The van der Waals surface area contributed by atoms with E-state index in [0.717, 1.165) is 8.96 Å². The summed E-state index contributed by atoms with van der Waals surface area (Å²) >= 11 is 2.12. The predicted molar refractivity (Wildman–Crippen MR) is 80.9 cm³/mol. The highest BCUT2D eigenvalue weighted by atomic mass is 127. The molecule has 106 valence electrons. The maximum Gasteiger partial charge on any atom is 0.147 e. The first-order valence-electron chi connectivity index (χ1n) is 5.98. The van der Waals surface area contributed by atoms with Crippen LogP contribution in [0.2, 0.25) is 0 Å². The summed E-state index contributed by atoms with van der Waals surface area (Å²) in [5, 5.41) is 29.9. The standard InChI is InChI=1S/C12H13IN4O3/c13-6-2-17(12-8(6)11(14)15-4-16-12)7-1-5(3-18)9(19)10(7)20/h1-2,4,7,9-10,18-20H,3H2,(H2,14,15,16)/t7-,9-,10+/m1/s1. The molecule has 0 unspecified atom stereocenters. The lowest BCUT2D eigenvalue weighted by molar-refractivity contribution is 0.0288. The van der Waals surface area contributed by atoms with E-state index in [1.807, 2.05) is 0 Å². The fourth-order valence-electron chi connectivity index (χ4n) is 2.50. The van der Waals surface area contributed by atoms with Crippen molar-refractivity contribution in [1.29, 1.82) is 0 Å². The van der Waals surface area contributed by atoms with Gasteiger partial charge in [-0.2, -0.15) is 0 Å². The highest BCUT2D eigenvalue weighted by Gasteiger charge is 2.36. The third-order valence-electron chi connectivity index (χ3n) is 3.53. The lowest BCUT2D eigenvalue weighted by Crippen LogP contribution is -2.30. The molecule has 1 aliphatic rings. The molecule has 1 aliphatic carbocycles. The number of hydrogen-bond acceptors (Lipinski definition) is 6. The molecule has 0 aromatic carbocycles. The number of aromatic nitrogens is 3. The zero-order chi connectivity index (χ0) is 14.4. The minimum Gasteiger partial charge on any atom is -0.392 e. The van der Waals surface area contributed by atoms with Crippen LogP contribution in [-0.2, 0) is 0 Å². The van der Waals surface area contributed by atoms with Crippen LogP contribution in [0.15, 0.2) is 24.2 Å². The number of anilines is 1. The Bertz CT molecular complexity index is 699. The van der Waals surface area contributed by atoms with Gasteiger partial charge < -0.3 is 25.6 Å². The summed E-state index contributed by atoms with van der Waals surface area (Å²) in [7, 11) is 0. The molecular weight excluding hydrogens is 375 g/mol. The summed E-state index contributed by atoms with van der Waals surface area (Å²) in [6.45, 7) is -0.290. The largest absolute Gasteiger partial charge is 0.392 e. The Hall–Kier alpha value is -1.23. The Kier molecular flexibility index (Phi) is 3.40. The Balaban J connectivity index is 2.17. The topological polar surface area (TPSA) is 117 Å². The van der Waals surface area contributed by atoms with Crippen LogP contribution >= 0.6 is 22.6 Å². The molecule has 7 nitrogen and oxygen atoms in total. The summed E-state index contributed by atoms with van der Waals surface area (Å²) in [5.74, 6) is 0.373. The Labute approximate surface area is 127 Å². The second-order valence-electron chi connectivity index (χ2n) is 4.67. The van der Waals surface area contributed by atoms with E-state index in [1.54, 1.807) is 16.8 Å². The number of nitrogens with zero attached hydrogens (tertiary/aromatic N) is 3. The summed E-state index contributed by atoms with van der Waals surface area (Å²) in [5.41, 5.74) is 6.84. The minimum absolute atomic E-state index is 0.290. The van der Waals surface area contributed by atoms with Gasteiger partial charge in [-0.3, -0.25) is 0 Å². The van der Waals surface area contributed by atoms with E-state index >= 15 is 0 Å². The summed E-state index contributed by atoms with van der Waals surface area (Å²) in [6, 6.07) is -0.493. The number of rotatable bonds is 2. The number of halogens is 1. The van der Waals surface area contributed by atoms with Gasteiger partial charge in [-0.15, -0.1) is 0 Å². The fourth-order valence-corrected chi connectivity index (χ4v) is 3.32. The van der Waals surface area contributed by atoms with Crippen molar-refractivity contribution in [1.82, 2.24) is 14.5 Å². The van der Waals surface area contributed by atoms with E-state index in [-0.39, 0.29) is 6.61 Å². The smallest absolute Gasteiger partial charge is 0.147 e. The first kappa shape index (κ1) is 13.7. The van der Waals surface area contributed by atoms with E-state index < -0.39 is 18.2 Å². The van der Waals surface area contributed by atoms with Crippen LogP contribution in [0, 0.1) is 3.57 Å². The maximum atomic E-state index is 10.1. The molecule has 2 aromatic heterocycles. The van der Waals surface area contributed by atoms with Crippen molar-refractivity contribution in [2.75, 3.05) is 12.3 Å². The Morgan fingerprint density at radius 2 is 2.10 bits per heavy atom. The van der Waals surface area contributed by atoms with Crippen molar-refractivity contribution < 1.29 is 15.3 Å². The fraction of sp³-hybridized carbons (Fsp3) is 0.333. The summed E-state index contributed by atoms with van der Waals surface area (Å²) in [4.78, 5) is 8.15. The van der Waals surface area contributed by atoms with Crippen LogP contribution in [-0.4, -0.2) is 48.7 Å². The molecule has 0 fully saturated rings. The van der Waals surface area contributed by atoms with Crippen LogP contribution in [0.3, 0.4) is 0 Å². The van der Waals surface area contributed by atoms with Crippen molar-refractivity contribution in [3.05, 3.63) is 27.7 Å². The molecule has 0 bridgehead atoms. The predicted octanol–water partition coefficient (Wildman–Crippen LogP) is -0.187. The van der Waals surface area contributed by atoms with Crippen LogP contribution in [0.4, 0.5) is 5.82 Å². The van der Waals surface area contributed by atoms with Gasteiger partial charge in [-0.25, -0.2) is 9.97 Å². The number of fused-ring (bicyclic) bond motifs is 1. The number of nitrogen functional groups attached to an aromatic ring is 1. The molecule has 0 radical (unpaired) electrons. The van der Waals surface area contributed by atoms with Gasteiger partial charge in [0.05, 0.1) is 18.0 Å². The van der Waals surface area contributed by atoms with E-state index in [9.17, 15) is 15.3 Å². The van der Waals surface area contributed by atoms with Gasteiger partial charge >= 0.3 is 0 Å². The summed E-state index contributed by atoms with van der Waals surface area (Å²) < 4.78 is 2.61. The lowest BCUT2D eigenvalue weighted by atomic mass is 10.1. The number of hydrogen-bond donors (Lipinski definition) is 4. The molecule has 2 aromatic rings. The van der Waals surface area contributed by atoms with Crippen LogP contribution in [0.5, 0.6) is 0 Å². The van der Waals surface area contributed by atoms with Gasteiger partial charge in [0.15, 0.2) is 0 Å². The molecule has 0 saturated carbocycles. The maximum absolute atomic E-state index is 10.1. The summed E-state index contributed by atoms with van der Waals surface area (Å²) in [6.07, 6.45) is 2.72. The van der Waals surface area contributed by atoms with Crippen LogP contribution in [0.1, 0.15) is 6.04 Å². The molecule has 5 N–H and O–H groups in total. The molecule has 20 heavy (non-hydrogen) atoms. The molecular formula is C12H13IN4O3. The first-order valence-corrected chi connectivity index (χ1v) is 7.06. The van der Waals surface area contributed by atoms with Crippen molar-refractivity contribution in [3.63, 3.8) is 0 Å². The van der Waals surface area contributed by atoms with Crippen LogP contribution in [0.25, 0.3) is 11.0 Å². The number of aliphatic hydroxyl groups excluding tert-OH is 3. The second kappa shape index (κ2) is 4.95. The van der Waals surface area contributed by atoms with Crippen molar-refractivity contribution in [3.8, 4) is 0 Å². The quantitative estimate of drug-likeness (QED) is 0.419. The van der Waals surface area contributed by atoms with Crippen molar-refractivity contribution in [2.45, 2.75) is 18.2 Å². The van der Waals surface area contributed by atoms with Gasteiger partial charge in [0, 0.05) is 9.77 Å². The van der Waals surface area contributed by atoms with Gasteiger partial charge in [0.25, 0.3) is 0 Å². The Morgan fingerprint density at radius 1 is 1.35 bits per heavy atom. The molecule has 3 rings (SSSR count). The molecule has 0 aliphatic heterocycles. The zero-order valence-corrected chi connectivity index (χ0v) is 12.5. The van der Waals surface area contributed by atoms with Gasteiger partial charge in [-0.05, 0) is 28.2 Å². The average Bonchev–Trinajstić information content (AvgIpc) is 2.90. The molecule has 8 heteroatoms. The average molecular weight is 388 g/mol. The van der Waals surface area contributed by atoms with Crippen molar-refractivity contribution >= 4 is 39.4 Å². The molecule has 0 spiro atoms. The molecule has 0 saturated heterocycles.